The molecule has 0 saturated heterocycles. The van der Waals surface area contributed by atoms with Crippen LogP contribution >= 0.6 is 0 Å². The number of imidazole rings is 1. The molecule has 0 unspecified atom stereocenters. The number of fused-ring (bicyclic) bond motifs is 1. The second-order valence-electron chi connectivity index (χ2n) is 5.58. The molecule has 6 nitrogen and oxygen atoms in total. The van der Waals surface area contributed by atoms with Gasteiger partial charge in [-0.3, -0.25) is 10.8 Å². The van der Waals surface area contributed by atoms with Crippen molar-refractivity contribution in [2.75, 3.05) is 12.8 Å². The van der Waals surface area contributed by atoms with Crippen LogP contribution in [-0.4, -0.2) is 33.5 Å². The first kappa shape index (κ1) is 15.7. The highest BCUT2D eigenvalue weighted by molar-refractivity contribution is 6.06. The Bertz CT molecular complexity index is 959. The van der Waals surface area contributed by atoms with E-state index >= 15 is 0 Å². The number of hydrogen-bond donors (Lipinski definition) is 3. The highest BCUT2D eigenvalue weighted by Crippen LogP contribution is 2.28. The second-order valence-corrected chi connectivity index (χ2v) is 5.58. The summed E-state index contributed by atoms with van der Waals surface area (Å²) in [4.78, 5) is 5.67. The summed E-state index contributed by atoms with van der Waals surface area (Å²) in [5, 5.41) is 15.5. The zero-order valence-corrected chi connectivity index (χ0v) is 13.3. The van der Waals surface area contributed by atoms with Crippen molar-refractivity contribution >= 4 is 23.5 Å². The van der Waals surface area contributed by atoms with E-state index in [1.165, 1.54) is 17.0 Å². The number of benzene rings is 1. The molecular weight excluding hydrogens is 307 g/mol. The van der Waals surface area contributed by atoms with Crippen molar-refractivity contribution in [3.63, 3.8) is 0 Å². The van der Waals surface area contributed by atoms with Crippen molar-refractivity contribution < 1.29 is 4.39 Å². The molecule has 2 heterocycles. The topological polar surface area (TPSA) is 94.3 Å². The van der Waals surface area contributed by atoms with Crippen molar-refractivity contribution in [2.24, 2.45) is 0 Å². The number of hydrogen-bond acceptors (Lipinski definition) is 4. The van der Waals surface area contributed by atoms with E-state index < -0.39 is 5.82 Å². The van der Waals surface area contributed by atoms with E-state index in [1.54, 1.807) is 19.2 Å². The van der Waals surface area contributed by atoms with E-state index in [9.17, 15) is 4.39 Å². The number of rotatable bonds is 3. The summed E-state index contributed by atoms with van der Waals surface area (Å²) in [6, 6.07) is 6.00. The minimum absolute atomic E-state index is 0.0278. The maximum atomic E-state index is 13.7. The largest absolute Gasteiger partial charge is 0.396 e. The van der Waals surface area contributed by atoms with Gasteiger partial charge in [-0.1, -0.05) is 6.07 Å². The van der Waals surface area contributed by atoms with E-state index in [0.717, 1.165) is 17.6 Å². The third kappa shape index (κ3) is 2.60. The van der Waals surface area contributed by atoms with Crippen molar-refractivity contribution in [2.45, 2.75) is 6.92 Å². The zero-order chi connectivity index (χ0) is 17.4. The van der Waals surface area contributed by atoms with Crippen molar-refractivity contribution in [3.8, 4) is 11.1 Å². The lowest BCUT2D eigenvalue weighted by Crippen LogP contribution is -2.25. The molecule has 7 heteroatoms. The molecule has 0 fully saturated rings. The van der Waals surface area contributed by atoms with Gasteiger partial charge >= 0.3 is 0 Å². The highest BCUT2D eigenvalue weighted by atomic mass is 19.1. The Labute approximate surface area is 138 Å². The average molecular weight is 324 g/mol. The molecule has 3 aromatic rings. The predicted octanol–water partition coefficient (Wildman–Crippen LogP) is 2.90. The number of nitrogens with one attached hydrogen (secondary N) is 2. The van der Waals surface area contributed by atoms with Gasteiger partial charge in [0.05, 0.1) is 17.7 Å². The van der Waals surface area contributed by atoms with Gasteiger partial charge in [-0.05, 0) is 30.7 Å². The SMILES string of the molecule is Cc1cn2cc(-c3ccc(F)cc3C(=N)N(C)C=N)cc(N)c2n1. The zero-order valence-electron chi connectivity index (χ0n) is 13.3. The summed E-state index contributed by atoms with van der Waals surface area (Å²) in [6.07, 6.45) is 4.71. The summed E-state index contributed by atoms with van der Waals surface area (Å²) in [7, 11) is 1.57. The fourth-order valence-corrected chi connectivity index (χ4v) is 2.61. The predicted molar refractivity (Wildman–Crippen MR) is 93.1 cm³/mol. The molecule has 0 radical (unpaired) electrons. The number of amidine groups is 1. The van der Waals surface area contributed by atoms with Crippen molar-refractivity contribution in [1.82, 2.24) is 14.3 Å². The molecule has 24 heavy (non-hydrogen) atoms. The summed E-state index contributed by atoms with van der Waals surface area (Å²) < 4.78 is 15.5. The third-order valence-corrected chi connectivity index (χ3v) is 3.79. The van der Waals surface area contributed by atoms with Crippen LogP contribution in [0.25, 0.3) is 16.8 Å². The van der Waals surface area contributed by atoms with Crippen molar-refractivity contribution in [1.29, 1.82) is 10.8 Å². The number of nitrogens with two attached hydrogens (primary N) is 1. The Kier molecular flexibility index (Phi) is 3.76. The summed E-state index contributed by atoms with van der Waals surface area (Å²) in [6.45, 7) is 1.88. The molecule has 0 aliphatic carbocycles. The van der Waals surface area contributed by atoms with Crippen LogP contribution in [0.15, 0.2) is 36.7 Å². The number of halogens is 1. The van der Waals surface area contributed by atoms with Gasteiger partial charge in [0.2, 0.25) is 0 Å². The second kappa shape index (κ2) is 5.77. The minimum atomic E-state index is -0.440. The smallest absolute Gasteiger partial charge is 0.160 e. The van der Waals surface area contributed by atoms with Gasteiger partial charge in [0, 0.05) is 30.6 Å². The third-order valence-electron chi connectivity index (χ3n) is 3.79. The van der Waals surface area contributed by atoms with E-state index in [4.69, 9.17) is 16.6 Å². The van der Waals surface area contributed by atoms with E-state index in [-0.39, 0.29) is 5.84 Å². The lowest BCUT2D eigenvalue weighted by molar-refractivity contribution is 0.627. The molecular formula is C17H17FN6. The lowest BCUT2D eigenvalue weighted by Gasteiger charge is -2.17. The number of anilines is 1. The van der Waals surface area contributed by atoms with Gasteiger partial charge in [0.15, 0.2) is 5.65 Å². The number of aromatic nitrogens is 2. The number of pyridine rings is 1. The standard InChI is InChI=1S/C17H17FN6/c1-10-7-24-8-11(5-15(20)17(24)22-10)13-4-3-12(18)6-14(13)16(21)23(2)9-19/h3-9,19,21H,20H2,1-2H3. The van der Waals surface area contributed by atoms with Gasteiger partial charge in [0.1, 0.15) is 11.7 Å². The van der Waals surface area contributed by atoms with Gasteiger partial charge in [-0.15, -0.1) is 0 Å². The van der Waals surface area contributed by atoms with Crippen LogP contribution in [0.1, 0.15) is 11.3 Å². The average Bonchev–Trinajstić information content (AvgIpc) is 2.94. The number of aryl methyl sites for hydroxylation is 1. The molecule has 2 aromatic heterocycles. The lowest BCUT2D eigenvalue weighted by atomic mass is 9.99. The molecule has 0 aliphatic rings. The quantitative estimate of drug-likeness (QED) is 0.511. The first-order valence-electron chi connectivity index (χ1n) is 7.28. The van der Waals surface area contributed by atoms with Crippen molar-refractivity contribution in [3.05, 3.63) is 53.7 Å². The van der Waals surface area contributed by atoms with Crippen LogP contribution in [0.2, 0.25) is 0 Å². The Morgan fingerprint density at radius 3 is 2.79 bits per heavy atom. The maximum absolute atomic E-state index is 13.7. The molecule has 0 spiro atoms. The summed E-state index contributed by atoms with van der Waals surface area (Å²) in [5.74, 6) is -0.413. The molecule has 3 rings (SSSR count). The van der Waals surface area contributed by atoms with E-state index in [1.807, 2.05) is 23.7 Å². The fourth-order valence-electron chi connectivity index (χ4n) is 2.61. The normalized spacial score (nSPS) is 10.8. The first-order chi connectivity index (χ1) is 11.4. The Balaban J connectivity index is 2.22. The molecule has 122 valence electrons. The minimum Gasteiger partial charge on any atom is -0.396 e. The van der Waals surface area contributed by atoms with Crippen LogP contribution in [0.3, 0.4) is 0 Å². The van der Waals surface area contributed by atoms with Crippen LogP contribution < -0.4 is 5.73 Å². The van der Waals surface area contributed by atoms with E-state index in [2.05, 4.69) is 4.98 Å². The van der Waals surface area contributed by atoms with Crippen LogP contribution in [0.4, 0.5) is 10.1 Å². The maximum Gasteiger partial charge on any atom is 0.160 e. The van der Waals surface area contributed by atoms with Gasteiger partial charge in [-0.2, -0.15) is 0 Å². The highest BCUT2D eigenvalue weighted by Gasteiger charge is 2.15. The Morgan fingerprint density at radius 1 is 1.33 bits per heavy atom. The van der Waals surface area contributed by atoms with Crippen LogP contribution in [-0.2, 0) is 0 Å². The molecule has 0 aliphatic heterocycles. The molecule has 0 bridgehead atoms. The van der Waals surface area contributed by atoms with Gasteiger partial charge in [0.25, 0.3) is 0 Å². The Morgan fingerprint density at radius 2 is 2.08 bits per heavy atom. The summed E-state index contributed by atoms with van der Waals surface area (Å²) in [5.41, 5.74) is 9.89. The fraction of sp³-hybridized carbons (Fsp3) is 0.118. The molecule has 0 atom stereocenters. The van der Waals surface area contributed by atoms with Crippen LogP contribution in [0, 0.1) is 23.6 Å². The number of nitrogens with zero attached hydrogens (tertiary/aromatic N) is 3. The van der Waals surface area contributed by atoms with Gasteiger partial charge < -0.3 is 15.0 Å². The van der Waals surface area contributed by atoms with Crippen LogP contribution in [0.5, 0.6) is 0 Å². The molecule has 1 aromatic carbocycles. The molecule has 0 amide bonds. The molecule has 4 N–H and O–H groups in total. The molecule has 0 saturated carbocycles. The van der Waals surface area contributed by atoms with Gasteiger partial charge in [-0.25, -0.2) is 9.37 Å². The summed E-state index contributed by atoms with van der Waals surface area (Å²) >= 11 is 0. The Hall–Kier alpha value is -3.22. The number of nitrogen functional groups attached to an aromatic ring is 1. The van der Waals surface area contributed by atoms with E-state index in [0.29, 0.717) is 22.5 Å². The first-order valence-corrected chi connectivity index (χ1v) is 7.28. The monoisotopic (exact) mass is 324 g/mol.